The average Bonchev–Trinajstić information content (AvgIpc) is 2.32. The van der Waals surface area contributed by atoms with Crippen molar-refractivity contribution in [3.63, 3.8) is 0 Å². The lowest BCUT2D eigenvalue weighted by molar-refractivity contribution is 0.0694. The van der Waals surface area contributed by atoms with Gasteiger partial charge in [-0.2, -0.15) is 0 Å². The molecule has 2 aromatic rings. The minimum absolute atomic E-state index is 0.356. The van der Waals surface area contributed by atoms with Gasteiger partial charge in [0.25, 0.3) is 5.56 Å². The van der Waals surface area contributed by atoms with E-state index < -0.39 is 11.5 Å². The minimum atomic E-state index is -1.28. The number of halogens is 1. The highest BCUT2D eigenvalue weighted by molar-refractivity contribution is 9.10. The fourth-order valence-corrected chi connectivity index (χ4v) is 1.92. The van der Waals surface area contributed by atoms with E-state index in [1.165, 1.54) is 0 Å². The van der Waals surface area contributed by atoms with Crippen LogP contribution < -0.4 is 5.56 Å². The molecule has 0 spiro atoms. The number of aromatic amines is 1. The Morgan fingerprint density at radius 2 is 2.11 bits per heavy atom. The molecular weight excluding hydrogens is 300 g/mol. The summed E-state index contributed by atoms with van der Waals surface area (Å²) in [6, 6.07) is 7.55. The number of nitrogens with one attached hydrogen (secondary N) is 1. The molecule has 0 radical (unpaired) electrons. The van der Waals surface area contributed by atoms with Crippen molar-refractivity contribution in [2.45, 2.75) is 6.42 Å². The van der Waals surface area contributed by atoms with E-state index in [2.05, 4.69) is 25.9 Å². The van der Waals surface area contributed by atoms with Crippen LogP contribution in [0, 0.1) is 0 Å². The molecule has 1 aromatic carbocycles. The molecule has 0 atom stereocenters. The van der Waals surface area contributed by atoms with Crippen LogP contribution in [0.3, 0.4) is 0 Å². The lowest BCUT2D eigenvalue weighted by Gasteiger charge is -2.03. The smallest absolute Gasteiger partial charge is 0.342 e. The van der Waals surface area contributed by atoms with E-state index in [0.29, 0.717) is 12.2 Å². The van der Waals surface area contributed by atoms with Crippen LogP contribution >= 0.6 is 15.9 Å². The Morgan fingerprint density at radius 3 is 2.72 bits per heavy atom. The Morgan fingerprint density at radius 1 is 1.39 bits per heavy atom. The summed E-state index contributed by atoms with van der Waals surface area (Å²) >= 11 is 3.40. The van der Waals surface area contributed by atoms with Crippen molar-refractivity contribution in [3.05, 3.63) is 62.2 Å². The molecule has 0 amide bonds. The zero-order valence-electron chi connectivity index (χ0n) is 9.18. The van der Waals surface area contributed by atoms with E-state index in [4.69, 9.17) is 5.11 Å². The van der Waals surface area contributed by atoms with Crippen LogP contribution in [0.15, 0.2) is 39.7 Å². The summed E-state index contributed by atoms with van der Waals surface area (Å²) in [6.07, 6.45) is 1.50. The second-order valence-corrected chi connectivity index (χ2v) is 4.50. The number of rotatable bonds is 3. The molecule has 0 fully saturated rings. The molecule has 2 rings (SSSR count). The Balaban J connectivity index is 2.32. The van der Waals surface area contributed by atoms with Gasteiger partial charge in [0.15, 0.2) is 0 Å². The van der Waals surface area contributed by atoms with Gasteiger partial charge >= 0.3 is 5.97 Å². The SMILES string of the molecule is O=C(O)c1cnc(Cc2ccccc2Br)[nH]c1=O. The highest BCUT2D eigenvalue weighted by Gasteiger charge is 2.10. The maximum Gasteiger partial charge on any atom is 0.342 e. The molecule has 1 heterocycles. The number of aromatic nitrogens is 2. The molecule has 0 saturated heterocycles. The number of benzene rings is 1. The number of hydrogen-bond donors (Lipinski definition) is 2. The van der Waals surface area contributed by atoms with Crippen LogP contribution in [-0.2, 0) is 6.42 Å². The highest BCUT2D eigenvalue weighted by atomic mass is 79.9. The third-order valence-corrected chi connectivity index (χ3v) is 3.17. The van der Waals surface area contributed by atoms with Gasteiger partial charge < -0.3 is 10.1 Å². The maximum atomic E-state index is 11.5. The Kier molecular flexibility index (Phi) is 3.57. The molecule has 0 aliphatic heterocycles. The van der Waals surface area contributed by atoms with E-state index in [1.54, 1.807) is 0 Å². The molecule has 0 saturated carbocycles. The van der Waals surface area contributed by atoms with E-state index in [1.807, 2.05) is 24.3 Å². The number of aromatic carboxylic acids is 1. The van der Waals surface area contributed by atoms with Crippen molar-refractivity contribution in [2.24, 2.45) is 0 Å². The summed E-state index contributed by atoms with van der Waals surface area (Å²) in [5.41, 5.74) is -0.0332. The molecule has 5 nitrogen and oxygen atoms in total. The van der Waals surface area contributed by atoms with E-state index in [-0.39, 0.29) is 5.56 Å². The van der Waals surface area contributed by atoms with Gasteiger partial charge in [0.1, 0.15) is 11.4 Å². The first kappa shape index (κ1) is 12.5. The molecule has 18 heavy (non-hydrogen) atoms. The molecule has 0 aliphatic carbocycles. The quantitative estimate of drug-likeness (QED) is 0.906. The van der Waals surface area contributed by atoms with Gasteiger partial charge in [-0.25, -0.2) is 9.78 Å². The Labute approximate surface area is 111 Å². The van der Waals surface area contributed by atoms with Gasteiger partial charge in [-0.3, -0.25) is 4.79 Å². The van der Waals surface area contributed by atoms with Crippen LogP contribution in [0.5, 0.6) is 0 Å². The second kappa shape index (κ2) is 5.14. The molecular formula is C12H9BrN2O3. The normalized spacial score (nSPS) is 10.3. The summed E-state index contributed by atoms with van der Waals surface area (Å²) in [6.45, 7) is 0. The number of carboxylic acid groups (broad SMARTS) is 1. The molecule has 0 aliphatic rings. The van der Waals surface area contributed by atoms with Crippen LogP contribution in [0.25, 0.3) is 0 Å². The average molecular weight is 309 g/mol. The number of H-pyrrole nitrogens is 1. The lowest BCUT2D eigenvalue weighted by Crippen LogP contribution is -2.20. The monoisotopic (exact) mass is 308 g/mol. The summed E-state index contributed by atoms with van der Waals surface area (Å²) in [4.78, 5) is 28.6. The molecule has 0 bridgehead atoms. The summed E-state index contributed by atoms with van der Waals surface area (Å²) in [5.74, 6) is -0.854. The van der Waals surface area contributed by atoms with Gasteiger partial charge in [-0.1, -0.05) is 34.1 Å². The van der Waals surface area contributed by atoms with Crippen LogP contribution in [0.1, 0.15) is 21.7 Å². The van der Waals surface area contributed by atoms with Crippen molar-refractivity contribution < 1.29 is 9.90 Å². The van der Waals surface area contributed by atoms with E-state index >= 15 is 0 Å². The minimum Gasteiger partial charge on any atom is -0.477 e. The summed E-state index contributed by atoms with van der Waals surface area (Å²) in [5, 5.41) is 8.72. The van der Waals surface area contributed by atoms with Gasteiger partial charge in [0.2, 0.25) is 0 Å². The number of carbonyl (C=O) groups is 1. The van der Waals surface area contributed by atoms with Crippen molar-refractivity contribution >= 4 is 21.9 Å². The van der Waals surface area contributed by atoms with E-state index in [0.717, 1.165) is 16.2 Å². The Bertz CT molecular complexity index is 652. The predicted octanol–water partition coefficient (Wildman–Crippen LogP) is 1.82. The molecule has 0 unspecified atom stereocenters. The molecule has 6 heteroatoms. The highest BCUT2D eigenvalue weighted by Crippen LogP contribution is 2.17. The number of carboxylic acids is 1. The molecule has 92 valence electrons. The van der Waals surface area contributed by atoms with Crippen molar-refractivity contribution in [1.82, 2.24) is 9.97 Å². The molecule has 2 N–H and O–H groups in total. The van der Waals surface area contributed by atoms with Crippen LogP contribution in [0.4, 0.5) is 0 Å². The fourth-order valence-electron chi connectivity index (χ4n) is 1.50. The first-order valence-electron chi connectivity index (χ1n) is 5.13. The van der Waals surface area contributed by atoms with Gasteiger partial charge in [-0.15, -0.1) is 0 Å². The van der Waals surface area contributed by atoms with Crippen molar-refractivity contribution in [3.8, 4) is 0 Å². The Hall–Kier alpha value is -1.95. The summed E-state index contributed by atoms with van der Waals surface area (Å²) in [7, 11) is 0. The van der Waals surface area contributed by atoms with Crippen molar-refractivity contribution in [1.29, 1.82) is 0 Å². The number of nitrogens with zero attached hydrogens (tertiary/aromatic N) is 1. The third kappa shape index (κ3) is 2.65. The van der Waals surface area contributed by atoms with E-state index in [9.17, 15) is 9.59 Å². The van der Waals surface area contributed by atoms with Gasteiger partial charge in [0, 0.05) is 17.1 Å². The summed E-state index contributed by atoms with van der Waals surface area (Å²) < 4.78 is 0.912. The zero-order valence-corrected chi connectivity index (χ0v) is 10.8. The number of hydrogen-bond acceptors (Lipinski definition) is 3. The van der Waals surface area contributed by atoms with Gasteiger partial charge in [-0.05, 0) is 11.6 Å². The largest absolute Gasteiger partial charge is 0.477 e. The first-order valence-corrected chi connectivity index (χ1v) is 5.92. The van der Waals surface area contributed by atoms with Gasteiger partial charge in [0.05, 0.1) is 0 Å². The van der Waals surface area contributed by atoms with Crippen LogP contribution in [-0.4, -0.2) is 21.0 Å². The fraction of sp³-hybridized carbons (Fsp3) is 0.0833. The second-order valence-electron chi connectivity index (χ2n) is 3.65. The maximum absolute atomic E-state index is 11.5. The van der Waals surface area contributed by atoms with Crippen molar-refractivity contribution in [2.75, 3.05) is 0 Å². The topological polar surface area (TPSA) is 83.0 Å². The standard InChI is InChI=1S/C12H9BrN2O3/c13-9-4-2-1-3-7(9)5-10-14-6-8(12(17)18)11(16)15-10/h1-4,6H,5H2,(H,17,18)(H,14,15,16). The predicted molar refractivity (Wildman–Crippen MR) is 68.8 cm³/mol. The third-order valence-electron chi connectivity index (χ3n) is 2.40. The van der Waals surface area contributed by atoms with Crippen LogP contribution in [0.2, 0.25) is 0 Å². The zero-order chi connectivity index (χ0) is 13.1. The first-order chi connectivity index (χ1) is 8.58. The lowest BCUT2D eigenvalue weighted by atomic mass is 10.1. The molecule has 1 aromatic heterocycles.